The van der Waals surface area contributed by atoms with Gasteiger partial charge in [-0.15, -0.1) is 0 Å². The topological polar surface area (TPSA) is 50.4 Å². The monoisotopic (exact) mass is 374 g/mol. The number of carbonyl (C=O) groups is 1. The van der Waals surface area contributed by atoms with Gasteiger partial charge in [-0.1, -0.05) is 42.5 Å². The van der Waals surface area contributed by atoms with Crippen LogP contribution in [-0.4, -0.2) is 13.0 Å². The van der Waals surface area contributed by atoms with Crippen LogP contribution in [0.2, 0.25) is 0 Å². The van der Waals surface area contributed by atoms with Crippen LogP contribution in [0.1, 0.15) is 31.0 Å². The Hall–Kier alpha value is -3.11. The summed E-state index contributed by atoms with van der Waals surface area (Å²) in [5.74, 6) is 0.800. The van der Waals surface area contributed by atoms with Crippen LogP contribution in [-0.2, 0) is 11.3 Å². The summed E-state index contributed by atoms with van der Waals surface area (Å²) in [5.41, 5.74) is 5.41. The van der Waals surface area contributed by atoms with Gasteiger partial charge in [0, 0.05) is 25.2 Å². The van der Waals surface area contributed by atoms with E-state index < -0.39 is 0 Å². The van der Waals surface area contributed by atoms with Gasteiger partial charge in [-0.25, -0.2) is 0 Å². The fraction of sp³-hybridized carbons (Fsp3) is 0.208. The zero-order valence-electron chi connectivity index (χ0n) is 16.5. The lowest BCUT2D eigenvalue weighted by Crippen LogP contribution is -2.18. The highest BCUT2D eigenvalue weighted by molar-refractivity contribution is 5.89. The third kappa shape index (κ3) is 5.21. The Morgan fingerprint density at radius 1 is 0.964 bits per heavy atom. The molecule has 0 heterocycles. The van der Waals surface area contributed by atoms with Crippen LogP contribution in [0.25, 0.3) is 11.1 Å². The van der Waals surface area contributed by atoms with Gasteiger partial charge in [-0.3, -0.25) is 4.79 Å². The maximum atomic E-state index is 11.3. The molecule has 28 heavy (non-hydrogen) atoms. The summed E-state index contributed by atoms with van der Waals surface area (Å²) in [5, 5.41) is 6.41. The first-order valence-electron chi connectivity index (χ1n) is 9.39. The molecular formula is C24H26N2O2. The molecule has 2 N–H and O–H groups in total. The molecule has 144 valence electrons. The van der Waals surface area contributed by atoms with E-state index in [4.69, 9.17) is 4.74 Å². The number of methoxy groups -OCH3 is 1. The van der Waals surface area contributed by atoms with Gasteiger partial charge in [0.25, 0.3) is 0 Å². The van der Waals surface area contributed by atoms with Crippen molar-refractivity contribution in [3.63, 3.8) is 0 Å². The number of nitrogens with one attached hydrogen (secondary N) is 2. The van der Waals surface area contributed by atoms with Gasteiger partial charge >= 0.3 is 0 Å². The van der Waals surface area contributed by atoms with Crippen molar-refractivity contribution in [2.45, 2.75) is 26.4 Å². The Balaban J connectivity index is 1.70. The Morgan fingerprint density at radius 3 is 2.43 bits per heavy atom. The molecule has 3 aromatic carbocycles. The lowest BCUT2D eigenvalue weighted by atomic mass is 10.0. The molecule has 0 aliphatic rings. The second-order valence-electron chi connectivity index (χ2n) is 6.84. The van der Waals surface area contributed by atoms with E-state index in [2.05, 4.69) is 60.0 Å². The minimum Gasteiger partial charge on any atom is -0.497 e. The van der Waals surface area contributed by atoms with E-state index in [0.717, 1.165) is 29.1 Å². The summed E-state index contributed by atoms with van der Waals surface area (Å²) in [6.07, 6.45) is 0. The van der Waals surface area contributed by atoms with Crippen LogP contribution in [0.3, 0.4) is 0 Å². The summed E-state index contributed by atoms with van der Waals surface area (Å²) >= 11 is 0. The second kappa shape index (κ2) is 9.20. The van der Waals surface area contributed by atoms with E-state index in [9.17, 15) is 4.79 Å². The SMILES string of the molecule is COc1cccc(C(C)NCc2cccc(-c3cccc(NC(C)=O)c3)c2)c1. The van der Waals surface area contributed by atoms with Gasteiger partial charge in [0.2, 0.25) is 5.91 Å². The minimum atomic E-state index is -0.0679. The molecule has 3 rings (SSSR count). The maximum absolute atomic E-state index is 11.3. The average molecular weight is 374 g/mol. The Morgan fingerprint density at radius 2 is 1.68 bits per heavy atom. The predicted octanol–water partition coefficient (Wildman–Crippen LogP) is 5.17. The van der Waals surface area contributed by atoms with Crippen molar-refractivity contribution in [3.05, 3.63) is 83.9 Å². The molecule has 0 aliphatic heterocycles. The number of amides is 1. The van der Waals surface area contributed by atoms with E-state index >= 15 is 0 Å². The van der Waals surface area contributed by atoms with Gasteiger partial charge in [0.15, 0.2) is 0 Å². The van der Waals surface area contributed by atoms with Crippen molar-refractivity contribution in [1.29, 1.82) is 0 Å². The molecule has 3 aromatic rings. The van der Waals surface area contributed by atoms with Crippen LogP contribution in [0.4, 0.5) is 5.69 Å². The number of hydrogen-bond donors (Lipinski definition) is 2. The molecular weight excluding hydrogens is 348 g/mol. The molecule has 4 heteroatoms. The van der Waals surface area contributed by atoms with Gasteiger partial charge in [-0.05, 0) is 59.5 Å². The predicted molar refractivity (Wildman–Crippen MR) is 114 cm³/mol. The number of carbonyl (C=O) groups excluding carboxylic acids is 1. The van der Waals surface area contributed by atoms with E-state index in [0.29, 0.717) is 0 Å². The molecule has 4 nitrogen and oxygen atoms in total. The second-order valence-corrected chi connectivity index (χ2v) is 6.84. The van der Waals surface area contributed by atoms with Crippen molar-refractivity contribution < 1.29 is 9.53 Å². The van der Waals surface area contributed by atoms with Gasteiger partial charge < -0.3 is 15.4 Å². The number of hydrogen-bond acceptors (Lipinski definition) is 3. The summed E-state index contributed by atoms with van der Waals surface area (Å²) in [6, 6.07) is 24.7. The van der Waals surface area contributed by atoms with Crippen molar-refractivity contribution in [3.8, 4) is 16.9 Å². The van der Waals surface area contributed by atoms with E-state index in [1.165, 1.54) is 18.1 Å². The minimum absolute atomic E-state index is 0.0679. The number of ether oxygens (including phenoxy) is 1. The van der Waals surface area contributed by atoms with Crippen LogP contribution in [0.5, 0.6) is 5.75 Å². The van der Waals surface area contributed by atoms with Crippen molar-refractivity contribution in [1.82, 2.24) is 5.32 Å². The Bertz CT molecular complexity index is 953. The number of rotatable bonds is 7. The van der Waals surface area contributed by atoms with Gasteiger partial charge in [-0.2, -0.15) is 0 Å². The highest BCUT2D eigenvalue weighted by Crippen LogP contribution is 2.24. The summed E-state index contributed by atoms with van der Waals surface area (Å²) in [7, 11) is 1.68. The van der Waals surface area contributed by atoms with Crippen molar-refractivity contribution >= 4 is 11.6 Å². The highest BCUT2D eigenvalue weighted by Gasteiger charge is 2.07. The standard InChI is InChI=1S/C24H26N2O2/c1-17(20-8-6-12-24(15-20)28-3)25-16-19-7-4-9-21(13-19)22-10-5-11-23(14-22)26-18(2)27/h4-15,17,25H,16H2,1-3H3,(H,26,27). The molecule has 0 aliphatic carbocycles. The van der Waals surface area contributed by atoms with Crippen LogP contribution in [0, 0.1) is 0 Å². The molecule has 0 saturated carbocycles. The van der Waals surface area contributed by atoms with E-state index in [1.54, 1.807) is 7.11 Å². The lowest BCUT2D eigenvalue weighted by Gasteiger charge is -2.16. The van der Waals surface area contributed by atoms with E-state index in [1.807, 2.05) is 30.3 Å². The number of benzene rings is 3. The molecule has 0 aromatic heterocycles. The zero-order chi connectivity index (χ0) is 19.9. The van der Waals surface area contributed by atoms with Gasteiger partial charge in [0.1, 0.15) is 5.75 Å². The fourth-order valence-electron chi connectivity index (χ4n) is 3.14. The molecule has 1 unspecified atom stereocenters. The molecule has 0 saturated heterocycles. The average Bonchev–Trinajstić information content (AvgIpc) is 2.72. The molecule has 0 bridgehead atoms. The first kappa shape index (κ1) is 19.6. The smallest absolute Gasteiger partial charge is 0.221 e. The lowest BCUT2D eigenvalue weighted by molar-refractivity contribution is -0.114. The zero-order valence-corrected chi connectivity index (χ0v) is 16.5. The third-order valence-electron chi connectivity index (χ3n) is 4.65. The van der Waals surface area contributed by atoms with Crippen molar-refractivity contribution in [2.24, 2.45) is 0 Å². The van der Waals surface area contributed by atoms with Crippen LogP contribution < -0.4 is 15.4 Å². The molecule has 0 fully saturated rings. The fourth-order valence-corrected chi connectivity index (χ4v) is 3.14. The first-order valence-corrected chi connectivity index (χ1v) is 9.39. The Labute approximate surface area is 166 Å². The molecule has 0 spiro atoms. The highest BCUT2D eigenvalue weighted by atomic mass is 16.5. The summed E-state index contributed by atoms with van der Waals surface area (Å²) in [6.45, 7) is 4.43. The molecule has 1 amide bonds. The quantitative estimate of drug-likeness (QED) is 0.600. The van der Waals surface area contributed by atoms with E-state index in [-0.39, 0.29) is 11.9 Å². The number of anilines is 1. The summed E-state index contributed by atoms with van der Waals surface area (Å²) in [4.78, 5) is 11.3. The van der Waals surface area contributed by atoms with Crippen LogP contribution >= 0.6 is 0 Å². The third-order valence-corrected chi connectivity index (χ3v) is 4.65. The molecule has 1 atom stereocenters. The summed E-state index contributed by atoms with van der Waals surface area (Å²) < 4.78 is 5.31. The van der Waals surface area contributed by atoms with Gasteiger partial charge in [0.05, 0.1) is 7.11 Å². The normalized spacial score (nSPS) is 11.7. The first-order chi connectivity index (χ1) is 13.5. The van der Waals surface area contributed by atoms with Crippen molar-refractivity contribution in [2.75, 3.05) is 12.4 Å². The largest absolute Gasteiger partial charge is 0.497 e. The van der Waals surface area contributed by atoms with Crippen LogP contribution in [0.15, 0.2) is 72.8 Å². The maximum Gasteiger partial charge on any atom is 0.221 e. The Kier molecular flexibility index (Phi) is 6.45. The molecule has 0 radical (unpaired) electrons.